The van der Waals surface area contributed by atoms with Gasteiger partial charge in [0.2, 0.25) is 0 Å². The van der Waals surface area contributed by atoms with Gasteiger partial charge in [0, 0.05) is 0 Å². The van der Waals surface area contributed by atoms with E-state index in [0.717, 1.165) is 5.92 Å². The van der Waals surface area contributed by atoms with E-state index in [4.69, 9.17) is 0 Å². The van der Waals surface area contributed by atoms with Crippen molar-refractivity contribution in [3.05, 3.63) is 11.6 Å². The molecule has 0 aromatic carbocycles. The van der Waals surface area contributed by atoms with Crippen LogP contribution in [0.15, 0.2) is 11.6 Å². The Kier molecular flexibility index (Phi) is 4.22. The fraction of sp³-hybridized carbons (Fsp3) is 0.857. The Labute approximate surface area is 89.8 Å². The van der Waals surface area contributed by atoms with Gasteiger partial charge in [0.25, 0.3) is 0 Å². The fourth-order valence-electron chi connectivity index (χ4n) is 2.70. The third kappa shape index (κ3) is 3.15. The Morgan fingerprint density at radius 2 is 1.79 bits per heavy atom. The van der Waals surface area contributed by atoms with E-state index in [-0.39, 0.29) is 0 Å². The van der Waals surface area contributed by atoms with E-state index in [9.17, 15) is 0 Å². The molecule has 0 unspecified atom stereocenters. The lowest BCUT2D eigenvalue weighted by Gasteiger charge is -2.35. The summed E-state index contributed by atoms with van der Waals surface area (Å²) in [4.78, 5) is 0. The topological polar surface area (TPSA) is 0 Å². The molecule has 1 aliphatic rings. The molecule has 1 fully saturated rings. The summed E-state index contributed by atoms with van der Waals surface area (Å²) in [5.74, 6) is 0.928. The predicted octanol–water partition coefficient (Wildman–Crippen LogP) is 4.95. The molecular formula is C14H26. The minimum absolute atomic E-state index is 0.431. The van der Waals surface area contributed by atoms with Gasteiger partial charge in [-0.1, -0.05) is 51.7 Å². The van der Waals surface area contributed by atoms with Crippen molar-refractivity contribution in [3.63, 3.8) is 0 Å². The van der Waals surface area contributed by atoms with E-state index in [1.165, 1.54) is 38.5 Å². The van der Waals surface area contributed by atoms with Crippen LogP contribution < -0.4 is 0 Å². The van der Waals surface area contributed by atoms with Crippen LogP contribution in [-0.4, -0.2) is 0 Å². The number of rotatable bonds is 3. The van der Waals surface area contributed by atoms with E-state index < -0.39 is 0 Å². The van der Waals surface area contributed by atoms with E-state index in [1.54, 1.807) is 5.57 Å². The van der Waals surface area contributed by atoms with Crippen molar-refractivity contribution < 1.29 is 0 Å². The van der Waals surface area contributed by atoms with E-state index in [0.29, 0.717) is 5.41 Å². The first-order valence-electron chi connectivity index (χ1n) is 6.24. The molecule has 0 amide bonds. The third-order valence-corrected chi connectivity index (χ3v) is 3.83. The molecule has 0 aromatic heterocycles. The molecule has 0 heteroatoms. The second-order valence-electron chi connectivity index (χ2n) is 5.50. The molecule has 0 aromatic rings. The molecule has 0 nitrogen and oxygen atoms in total. The largest absolute Gasteiger partial charge is 0.0797 e. The zero-order valence-electron chi connectivity index (χ0n) is 10.4. The average Bonchev–Trinajstić information content (AvgIpc) is 2.18. The van der Waals surface area contributed by atoms with Crippen LogP contribution in [0.4, 0.5) is 0 Å². The standard InChI is InChI=1S/C14H26/c1-5-12(2)11-14(3,4)13-9-7-6-8-10-13/h11,13H,5-10H2,1-4H3. The number of hydrogen-bond acceptors (Lipinski definition) is 0. The summed E-state index contributed by atoms with van der Waals surface area (Å²) in [6.07, 6.45) is 11.0. The Morgan fingerprint density at radius 1 is 1.21 bits per heavy atom. The van der Waals surface area contributed by atoms with Gasteiger partial charge in [0.1, 0.15) is 0 Å². The lowest BCUT2D eigenvalue weighted by molar-refractivity contribution is 0.209. The molecule has 1 aliphatic carbocycles. The summed E-state index contributed by atoms with van der Waals surface area (Å²) < 4.78 is 0. The van der Waals surface area contributed by atoms with Gasteiger partial charge in [-0.25, -0.2) is 0 Å². The third-order valence-electron chi connectivity index (χ3n) is 3.83. The molecule has 0 heterocycles. The smallest absolute Gasteiger partial charge is 0.0144 e. The maximum Gasteiger partial charge on any atom is -0.0144 e. The van der Waals surface area contributed by atoms with Crippen molar-refractivity contribution in [1.29, 1.82) is 0 Å². The van der Waals surface area contributed by atoms with Gasteiger partial charge in [-0.2, -0.15) is 0 Å². The highest BCUT2D eigenvalue weighted by molar-refractivity contribution is 5.06. The van der Waals surface area contributed by atoms with E-state index >= 15 is 0 Å². The second kappa shape index (κ2) is 5.00. The van der Waals surface area contributed by atoms with Crippen LogP contribution in [0.5, 0.6) is 0 Å². The quantitative estimate of drug-likeness (QED) is 0.558. The lowest BCUT2D eigenvalue weighted by Crippen LogP contribution is -2.24. The molecule has 0 bridgehead atoms. The van der Waals surface area contributed by atoms with Crippen LogP contribution in [0.1, 0.15) is 66.2 Å². The molecule has 1 saturated carbocycles. The number of allylic oxidation sites excluding steroid dienone is 2. The lowest BCUT2D eigenvalue weighted by atomic mass is 9.70. The van der Waals surface area contributed by atoms with Crippen LogP contribution >= 0.6 is 0 Å². The highest BCUT2D eigenvalue weighted by atomic mass is 14.3. The Hall–Kier alpha value is -0.260. The molecular weight excluding hydrogens is 168 g/mol. The average molecular weight is 194 g/mol. The van der Waals surface area contributed by atoms with Crippen molar-refractivity contribution in [2.75, 3.05) is 0 Å². The molecule has 14 heavy (non-hydrogen) atoms. The Balaban J connectivity index is 2.62. The molecule has 0 atom stereocenters. The van der Waals surface area contributed by atoms with Crippen LogP contribution in [0.2, 0.25) is 0 Å². The highest BCUT2D eigenvalue weighted by Gasteiger charge is 2.28. The van der Waals surface area contributed by atoms with Gasteiger partial charge in [-0.3, -0.25) is 0 Å². The fourth-order valence-corrected chi connectivity index (χ4v) is 2.70. The van der Waals surface area contributed by atoms with E-state index in [1.807, 2.05) is 0 Å². The molecule has 0 saturated heterocycles. The summed E-state index contributed by atoms with van der Waals surface area (Å²) in [5.41, 5.74) is 1.99. The summed E-state index contributed by atoms with van der Waals surface area (Å²) in [5, 5.41) is 0. The maximum absolute atomic E-state index is 2.52. The summed E-state index contributed by atoms with van der Waals surface area (Å²) in [7, 11) is 0. The Morgan fingerprint density at radius 3 is 2.29 bits per heavy atom. The first-order chi connectivity index (χ1) is 6.56. The second-order valence-corrected chi connectivity index (χ2v) is 5.50. The highest BCUT2D eigenvalue weighted by Crippen LogP contribution is 2.39. The maximum atomic E-state index is 2.52. The van der Waals surface area contributed by atoms with Gasteiger partial charge in [0.05, 0.1) is 0 Å². The summed E-state index contributed by atoms with van der Waals surface area (Å²) in [6.45, 7) is 9.36. The van der Waals surface area contributed by atoms with Gasteiger partial charge in [-0.05, 0) is 37.5 Å². The summed E-state index contributed by atoms with van der Waals surface area (Å²) >= 11 is 0. The predicted molar refractivity (Wildman–Crippen MR) is 64.4 cm³/mol. The minimum atomic E-state index is 0.431. The monoisotopic (exact) mass is 194 g/mol. The van der Waals surface area contributed by atoms with Crippen LogP contribution in [0.25, 0.3) is 0 Å². The van der Waals surface area contributed by atoms with Crippen molar-refractivity contribution in [2.24, 2.45) is 11.3 Å². The zero-order valence-corrected chi connectivity index (χ0v) is 10.4. The molecule has 0 radical (unpaired) electrons. The van der Waals surface area contributed by atoms with Crippen molar-refractivity contribution in [3.8, 4) is 0 Å². The normalized spacial score (nSPS) is 21.3. The summed E-state index contributed by atoms with van der Waals surface area (Å²) in [6, 6.07) is 0. The van der Waals surface area contributed by atoms with Crippen molar-refractivity contribution >= 4 is 0 Å². The van der Waals surface area contributed by atoms with Gasteiger partial charge >= 0.3 is 0 Å². The first kappa shape index (κ1) is 11.8. The molecule has 0 aliphatic heterocycles. The molecule has 1 rings (SSSR count). The van der Waals surface area contributed by atoms with Crippen molar-refractivity contribution in [2.45, 2.75) is 66.2 Å². The van der Waals surface area contributed by atoms with Crippen LogP contribution in [0, 0.1) is 11.3 Å². The molecule has 0 spiro atoms. The minimum Gasteiger partial charge on any atom is -0.0797 e. The van der Waals surface area contributed by atoms with Gasteiger partial charge in [0.15, 0.2) is 0 Å². The Bertz CT molecular complexity index is 192. The van der Waals surface area contributed by atoms with Gasteiger partial charge in [-0.15, -0.1) is 0 Å². The molecule has 0 N–H and O–H groups in total. The van der Waals surface area contributed by atoms with E-state index in [2.05, 4.69) is 33.8 Å². The van der Waals surface area contributed by atoms with Crippen LogP contribution in [0.3, 0.4) is 0 Å². The van der Waals surface area contributed by atoms with Crippen molar-refractivity contribution in [1.82, 2.24) is 0 Å². The number of hydrogen-bond donors (Lipinski definition) is 0. The molecule has 82 valence electrons. The van der Waals surface area contributed by atoms with Gasteiger partial charge < -0.3 is 0 Å². The first-order valence-corrected chi connectivity index (χ1v) is 6.24. The SMILES string of the molecule is CCC(C)=CC(C)(C)C1CCCCC1. The zero-order chi connectivity index (χ0) is 10.6. The van der Waals surface area contributed by atoms with Crippen LogP contribution in [-0.2, 0) is 0 Å².